The van der Waals surface area contributed by atoms with E-state index in [4.69, 9.17) is 17.3 Å². The van der Waals surface area contributed by atoms with Gasteiger partial charge in [0, 0.05) is 37.4 Å². The maximum absolute atomic E-state index is 14.7. The summed E-state index contributed by atoms with van der Waals surface area (Å²) in [5.41, 5.74) is 7.67. The zero-order valence-corrected chi connectivity index (χ0v) is 18.5. The van der Waals surface area contributed by atoms with Gasteiger partial charge in [0.05, 0.1) is 22.7 Å². The fourth-order valence-electron chi connectivity index (χ4n) is 3.96. The standard InChI is InChI=1S/C21H20ClFN8O2/c1-9(21(33)31-7-11(24)8-31)27-20(32)12-5-25-19-17(12)28-14(6-26-19)18-16-13(23)3-10(22)4-15(16)30(2)29-18/h3-6,9,11H,7-8,24H2,1-2H3,(H,25,26)(H,27,32)/t9-/m1/s1. The van der Waals surface area contributed by atoms with Crippen molar-refractivity contribution in [3.8, 4) is 11.4 Å². The Balaban J connectivity index is 1.48. The average Bonchev–Trinajstić information content (AvgIpc) is 3.32. The van der Waals surface area contributed by atoms with Crippen LogP contribution in [0.5, 0.6) is 0 Å². The first-order chi connectivity index (χ1) is 15.7. The molecule has 0 aliphatic carbocycles. The van der Waals surface area contributed by atoms with E-state index < -0.39 is 17.8 Å². The van der Waals surface area contributed by atoms with Gasteiger partial charge in [0.25, 0.3) is 5.91 Å². The van der Waals surface area contributed by atoms with Gasteiger partial charge in [-0.3, -0.25) is 14.3 Å². The van der Waals surface area contributed by atoms with E-state index in [0.29, 0.717) is 29.9 Å². The van der Waals surface area contributed by atoms with Gasteiger partial charge < -0.3 is 20.9 Å². The number of rotatable bonds is 4. The Bertz CT molecular complexity index is 1420. The first-order valence-electron chi connectivity index (χ1n) is 10.2. The number of aryl methyl sites for hydroxylation is 1. The summed E-state index contributed by atoms with van der Waals surface area (Å²) in [6.45, 7) is 2.56. The summed E-state index contributed by atoms with van der Waals surface area (Å²) in [4.78, 5) is 38.7. The van der Waals surface area contributed by atoms with Crippen molar-refractivity contribution in [1.29, 1.82) is 0 Å². The van der Waals surface area contributed by atoms with Crippen LogP contribution < -0.4 is 11.1 Å². The second-order valence-electron chi connectivity index (χ2n) is 8.11. The monoisotopic (exact) mass is 470 g/mol. The molecule has 2 amide bonds. The molecule has 170 valence electrons. The number of fused-ring (bicyclic) bond motifs is 2. The van der Waals surface area contributed by atoms with Gasteiger partial charge in [0.15, 0.2) is 5.65 Å². The van der Waals surface area contributed by atoms with Crippen molar-refractivity contribution in [3.05, 3.63) is 40.9 Å². The molecule has 0 unspecified atom stereocenters. The number of aromatic nitrogens is 5. The molecule has 0 spiro atoms. The lowest BCUT2D eigenvalue weighted by molar-refractivity contribution is -0.137. The minimum absolute atomic E-state index is 0.0253. The lowest BCUT2D eigenvalue weighted by Gasteiger charge is -2.38. The van der Waals surface area contributed by atoms with Crippen LogP contribution >= 0.6 is 11.6 Å². The van der Waals surface area contributed by atoms with Gasteiger partial charge in [-0.15, -0.1) is 0 Å². The number of aromatic amines is 1. The molecular weight excluding hydrogens is 451 g/mol. The number of hydrogen-bond donors (Lipinski definition) is 3. The Morgan fingerprint density at radius 3 is 2.85 bits per heavy atom. The minimum Gasteiger partial charge on any atom is -0.344 e. The highest BCUT2D eigenvalue weighted by Crippen LogP contribution is 2.31. The number of carbonyl (C=O) groups is 2. The van der Waals surface area contributed by atoms with Gasteiger partial charge in [-0.2, -0.15) is 5.10 Å². The van der Waals surface area contributed by atoms with Crippen molar-refractivity contribution in [2.45, 2.75) is 19.0 Å². The zero-order valence-electron chi connectivity index (χ0n) is 17.8. The lowest BCUT2D eigenvalue weighted by atomic mass is 10.1. The number of carbonyl (C=O) groups excluding carboxylic acids is 2. The molecule has 33 heavy (non-hydrogen) atoms. The summed E-state index contributed by atoms with van der Waals surface area (Å²) in [7, 11) is 1.67. The molecule has 4 aromatic rings. The largest absolute Gasteiger partial charge is 0.344 e. The molecular formula is C21H20ClFN8O2. The molecule has 1 atom stereocenters. The van der Waals surface area contributed by atoms with Crippen LogP contribution in [0.1, 0.15) is 17.3 Å². The number of halogens is 2. The predicted molar refractivity (Wildman–Crippen MR) is 120 cm³/mol. The van der Waals surface area contributed by atoms with E-state index in [0.717, 1.165) is 0 Å². The smallest absolute Gasteiger partial charge is 0.255 e. The van der Waals surface area contributed by atoms with E-state index in [-0.39, 0.29) is 39.1 Å². The molecule has 0 bridgehead atoms. The molecule has 4 heterocycles. The van der Waals surface area contributed by atoms with Crippen LogP contribution in [0, 0.1) is 5.82 Å². The highest BCUT2D eigenvalue weighted by molar-refractivity contribution is 6.31. The van der Waals surface area contributed by atoms with E-state index in [9.17, 15) is 14.0 Å². The fraction of sp³-hybridized carbons (Fsp3) is 0.286. The Labute approximate surface area is 191 Å². The Morgan fingerprint density at radius 1 is 1.36 bits per heavy atom. The van der Waals surface area contributed by atoms with Gasteiger partial charge >= 0.3 is 0 Å². The van der Waals surface area contributed by atoms with Crippen LogP contribution in [-0.4, -0.2) is 66.6 Å². The molecule has 5 rings (SSSR count). The molecule has 1 aromatic carbocycles. The molecule has 4 N–H and O–H groups in total. The van der Waals surface area contributed by atoms with Crippen LogP contribution in [0.15, 0.2) is 24.5 Å². The molecule has 3 aromatic heterocycles. The SMILES string of the molecule is C[C@@H](NC(=O)c1c[nH]c2ncc(-c3nn(C)c4cc(Cl)cc(F)c34)nc12)C(=O)N1CC(N)C1. The summed E-state index contributed by atoms with van der Waals surface area (Å²) in [5.74, 6) is -1.22. The second kappa shape index (κ2) is 7.78. The lowest BCUT2D eigenvalue weighted by Crippen LogP contribution is -2.61. The number of nitrogens with zero attached hydrogens (tertiary/aromatic N) is 5. The maximum Gasteiger partial charge on any atom is 0.255 e. The Morgan fingerprint density at radius 2 is 2.12 bits per heavy atom. The van der Waals surface area contributed by atoms with Gasteiger partial charge in [-0.05, 0) is 19.1 Å². The summed E-state index contributed by atoms with van der Waals surface area (Å²) in [6, 6.07) is 2.06. The third-order valence-corrected chi connectivity index (χ3v) is 5.90. The molecule has 0 radical (unpaired) electrons. The summed E-state index contributed by atoms with van der Waals surface area (Å²) < 4.78 is 16.2. The fourth-order valence-corrected chi connectivity index (χ4v) is 4.16. The van der Waals surface area contributed by atoms with E-state index in [1.807, 2.05) is 0 Å². The molecule has 1 aliphatic heterocycles. The molecule has 1 aliphatic rings. The Kier molecular flexibility index (Phi) is 5.02. The normalized spacial score (nSPS) is 15.1. The summed E-state index contributed by atoms with van der Waals surface area (Å²) in [5, 5.41) is 7.59. The number of nitrogens with two attached hydrogens (primary N) is 1. The predicted octanol–water partition coefficient (Wildman–Crippen LogP) is 1.59. The minimum atomic E-state index is -0.732. The summed E-state index contributed by atoms with van der Waals surface area (Å²) in [6.07, 6.45) is 2.92. The van der Waals surface area contributed by atoms with Crippen molar-refractivity contribution >= 4 is 45.5 Å². The van der Waals surface area contributed by atoms with Crippen LogP contribution in [0.4, 0.5) is 4.39 Å². The first kappa shape index (κ1) is 21.3. The van der Waals surface area contributed by atoms with E-state index in [1.165, 1.54) is 23.1 Å². The van der Waals surface area contributed by atoms with Gasteiger partial charge in [-0.25, -0.2) is 14.4 Å². The third-order valence-electron chi connectivity index (χ3n) is 5.68. The van der Waals surface area contributed by atoms with Crippen LogP contribution in [-0.2, 0) is 11.8 Å². The topological polar surface area (TPSA) is 135 Å². The van der Waals surface area contributed by atoms with Gasteiger partial charge in [0.1, 0.15) is 28.8 Å². The molecule has 0 saturated carbocycles. The van der Waals surface area contributed by atoms with E-state index in [2.05, 4.69) is 25.4 Å². The summed E-state index contributed by atoms with van der Waals surface area (Å²) >= 11 is 5.98. The highest BCUT2D eigenvalue weighted by Gasteiger charge is 2.31. The number of benzene rings is 1. The number of nitrogens with one attached hydrogen (secondary N) is 2. The van der Waals surface area contributed by atoms with Crippen LogP contribution in [0.3, 0.4) is 0 Å². The van der Waals surface area contributed by atoms with Gasteiger partial charge in [0.2, 0.25) is 5.91 Å². The molecule has 12 heteroatoms. The van der Waals surface area contributed by atoms with Crippen LogP contribution in [0.25, 0.3) is 33.5 Å². The third kappa shape index (κ3) is 3.58. The van der Waals surface area contributed by atoms with Crippen molar-refractivity contribution in [2.24, 2.45) is 12.8 Å². The Hall–Kier alpha value is -3.57. The highest BCUT2D eigenvalue weighted by atomic mass is 35.5. The van der Waals surface area contributed by atoms with E-state index >= 15 is 0 Å². The zero-order chi connectivity index (χ0) is 23.4. The van der Waals surface area contributed by atoms with Crippen molar-refractivity contribution in [1.82, 2.24) is 34.9 Å². The molecule has 1 fully saturated rings. The number of hydrogen-bond acceptors (Lipinski definition) is 6. The molecule has 1 saturated heterocycles. The number of amides is 2. The van der Waals surface area contributed by atoms with Crippen LogP contribution in [0.2, 0.25) is 5.02 Å². The average molecular weight is 471 g/mol. The van der Waals surface area contributed by atoms with Crippen molar-refractivity contribution in [2.75, 3.05) is 13.1 Å². The molecule has 10 nitrogen and oxygen atoms in total. The number of H-pyrrole nitrogens is 1. The van der Waals surface area contributed by atoms with Crippen molar-refractivity contribution in [3.63, 3.8) is 0 Å². The number of likely N-dealkylation sites (tertiary alicyclic amines) is 1. The quantitative estimate of drug-likeness (QED) is 0.414. The maximum atomic E-state index is 14.7. The van der Waals surface area contributed by atoms with Crippen molar-refractivity contribution < 1.29 is 14.0 Å². The van der Waals surface area contributed by atoms with Gasteiger partial charge in [-0.1, -0.05) is 11.6 Å². The van der Waals surface area contributed by atoms with E-state index in [1.54, 1.807) is 24.9 Å². The first-order valence-corrected chi connectivity index (χ1v) is 10.6. The second-order valence-corrected chi connectivity index (χ2v) is 8.54.